The van der Waals surface area contributed by atoms with Crippen LogP contribution in [0.4, 0.5) is 0 Å². The third kappa shape index (κ3) is 7.67. The van der Waals surface area contributed by atoms with Gasteiger partial charge in [-0.3, -0.25) is 0 Å². The predicted octanol–water partition coefficient (Wildman–Crippen LogP) is 13.5. The molecule has 2 N–H and O–H groups in total. The Bertz CT molecular complexity index is 2600. The lowest BCUT2D eigenvalue weighted by molar-refractivity contribution is 0.675. The molecular weight excluding hydrogens is 707 g/mol. The van der Waals surface area contributed by atoms with Crippen LogP contribution >= 0.6 is 11.8 Å². The van der Waals surface area contributed by atoms with E-state index in [2.05, 4.69) is 157 Å². The van der Waals surface area contributed by atoms with Crippen LogP contribution in [0.5, 0.6) is 0 Å². The van der Waals surface area contributed by atoms with Crippen molar-refractivity contribution in [1.29, 1.82) is 0 Å². The lowest BCUT2D eigenvalue weighted by Gasteiger charge is -2.22. The van der Waals surface area contributed by atoms with Crippen molar-refractivity contribution >= 4 is 33.8 Å². The molecule has 1 saturated carbocycles. The zero-order valence-corrected chi connectivity index (χ0v) is 32.7. The van der Waals surface area contributed by atoms with Gasteiger partial charge in [0, 0.05) is 21.9 Å². The summed E-state index contributed by atoms with van der Waals surface area (Å²) >= 11 is 2.06. The molecule has 2 heteroatoms. The minimum atomic E-state index is -0.126. The molecule has 0 aromatic heterocycles. The highest BCUT2D eigenvalue weighted by molar-refractivity contribution is 7.99. The van der Waals surface area contributed by atoms with Gasteiger partial charge in [-0.1, -0.05) is 171 Å². The SMILES string of the molecule is C.N/C(=C\C(C#CCc1ccccc1)c1cccc(C2CC3=C(c4ccc5c(c4C2)Sc2cc4ccccc4cc2CCCC5)C2CC2C=C3)c1)c1ccccc1. The predicted molar refractivity (Wildman–Crippen MR) is 242 cm³/mol. The molecule has 282 valence electrons. The zero-order valence-electron chi connectivity index (χ0n) is 31.9. The number of allylic oxidation sites excluding steroid dienone is 5. The van der Waals surface area contributed by atoms with E-state index in [-0.39, 0.29) is 13.3 Å². The largest absolute Gasteiger partial charge is 0.398 e. The van der Waals surface area contributed by atoms with Gasteiger partial charge >= 0.3 is 0 Å². The van der Waals surface area contributed by atoms with Crippen LogP contribution in [0, 0.1) is 23.7 Å². The summed E-state index contributed by atoms with van der Waals surface area (Å²) in [5.41, 5.74) is 21.7. The molecule has 0 amide bonds. The van der Waals surface area contributed by atoms with Crippen molar-refractivity contribution < 1.29 is 0 Å². The molecule has 0 spiro atoms. The molecule has 0 bridgehead atoms. The molecule has 1 fully saturated rings. The first-order valence-corrected chi connectivity index (χ1v) is 21.4. The Morgan fingerprint density at radius 2 is 1.53 bits per heavy atom. The summed E-state index contributed by atoms with van der Waals surface area (Å²) in [7, 11) is 0. The molecule has 3 aliphatic carbocycles. The number of hydrogen-bond donors (Lipinski definition) is 1. The quantitative estimate of drug-likeness (QED) is 0.177. The normalized spacial score (nSPS) is 20.0. The lowest BCUT2D eigenvalue weighted by Crippen LogP contribution is -2.07. The lowest BCUT2D eigenvalue weighted by atomic mass is 9.85. The fourth-order valence-electron chi connectivity index (χ4n) is 9.44. The van der Waals surface area contributed by atoms with Gasteiger partial charge in [0.05, 0.1) is 5.92 Å². The maximum absolute atomic E-state index is 6.80. The summed E-state index contributed by atoms with van der Waals surface area (Å²) in [4.78, 5) is 2.95. The van der Waals surface area contributed by atoms with Crippen molar-refractivity contribution in [3.8, 4) is 11.8 Å². The molecule has 57 heavy (non-hydrogen) atoms. The van der Waals surface area contributed by atoms with Crippen LogP contribution in [0.15, 0.2) is 167 Å². The van der Waals surface area contributed by atoms with Gasteiger partial charge < -0.3 is 5.73 Å². The number of rotatable bonds is 5. The van der Waals surface area contributed by atoms with Gasteiger partial charge in [0.25, 0.3) is 0 Å². The molecule has 6 aromatic rings. The van der Waals surface area contributed by atoms with Crippen molar-refractivity contribution in [3.63, 3.8) is 0 Å². The monoisotopic (exact) mass is 757 g/mol. The topological polar surface area (TPSA) is 26.0 Å². The van der Waals surface area contributed by atoms with E-state index < -0.39 is 0 Å². The molecule has 10 rings (SSSR count). The van der Waals surface area contributed by atoms with Crippen LogP contribution in [0.25, 0.3) is 22.0 Å². The number of benzene rings is 6. The molecule has 4 atom stereocenters. The fraction of sp³-hybridized carbons (Fsp3) is 0.236. The van der Waals surface area contributed by atoms with Gasteiger partial charge in [-0.15, -0.1) is 0 Å². The van der Waals surface area contributed by atoms with E-state index in [1.54, 1.807) is 16.7 Å². The average Bonchev–Trinajstić information content (AvgIpc) is 4.04. The maximum atomic E-state index is 6.80. The molecular formula is C55H51NS. The van der Waals surface area contributed by atoms with Crippen LogP contribution in [-0.4, -0.2) is 0 Å². The van der Waals surface area contributed by atoms with Crippen molar-refractivity contribution in [3.05, 3.63) is 202 Å². The summed E-state index contributed by atoms with van der Waals surface area (Å²) in [5, 5.41) is 2.69. The van der Waals surface area contributed by atoms with E-state index in [9.17, 15) is 0 Å². The summed E-state index contributed by atoms with van der Waals surface area (Å²) in [6, 6.07) is 49.0. The number of aryl methyl sites for hydroxylation is 2. The first kappa shape index (κ1) is 37.1. The fourth-order valence-corrected chi connectivity index (χ4v) is 10.8. The summed E-state index contributed by atoms with van der Waals surface area (Å²) in [6.45, 7) is 0. The molecule has 1 heterocycles. The van der Waals surface area contributed by atoms with Crippen LogP contribution < -0.4 is 5.73 Å². The Labute approximate surface area is 343 Å². The molecule has 0 radical (unpaired) electrons. The Morgan fingerprint density at radius 3 is 2.35 bits per heavy atom. The number of fused-ring (bicyclic) bond motifs is 8. The Kier molecular flexibility index (Phi) is 10.5. The van der Waals surface area contributed by atoms with Crippen molar-refractivity contribution in [1.82, 2.24) is 0 Å². The molecule has 4 unspecified atom stereocenters. The highest BCUT2D eigenvalue weighted by Crippen LogP contribution is 2.57. The summed E-state index contributed by atoms with van der Waals surface area (Å²) in [6.07, 6.45) is 16.0. The molecule has 0 saturated heterocycles. The number of nitrogens with two attached hydrogens (primary N) is 1. The zero-order chi connectivity index (χ0) is 37.4. The second kappa shape index (κ2) is 16.2. The maximum Gasteiger partial charge on any atom is 0.0655 e. The smallest absolute Gasteiger partial charge is 0.0655 e. The van der Waals surface area contributed by atoms with Crippen molar-refractivity contribution in [2.75, 3.05) is 0 Å². The van der Waals surface area contributed by atoms with Crippen LogP contribution in [0.3, 0.4) is 0 Å². The van der Waals surface area contributed by atoms with Crippen LogP contribution in [0.1, 0.15) is 89.5 Å². The minimum Gasteiger partial charge on any atom is -0.398 e. The summed E-state index contributed by atoms with van der Waals surface area (Å²) in [5.74, 6) is 8.76. The Hall–Kier alpha value is -5.49. The molecule has 1 nitrogen and oxygen atoms in total. The van der Waals surface area contributed by atoms with Gasteiger partial charge in [0.2, 0.25) is 0 Å². The third-order valence-electron chi connectivity index (χ3n) is 12.5. The van der Waals surface area contributed by atoms with Crippen molar-refractivity contribution in [2.24, 2.45) is 17.6 Å². The summed E-state index contributed by atoms with van der Waals surface area (Å²) < 4.78 is 0. The van der Waals surface area contributed by atoms with Gasteiger partial charge in [0.15, 0.2) is 0 Å². The van der Waals surface area contributed by atoms with Gasteiger partial charge in [-0.25, -0.2) is 0 Å². The molecule has 1 aliphatic heterocycles. The molecule has 6 aromatic carbocycles. The van der Waals surface area contributed by atoms with E-state index >= 15 is 0 Å². The highest BCUT2D eigenvalue weighted by atomic mass is 32.2. The second-order valence-electron chi connectivity index (χ2n) is 16.2. The van der Waals surface area contributed by atoms with E-state index in [1.807, 2.05) is 18.2 Å². The Morgan fingerprint density at radius 1 is 0.772 bits per heavy atom. The average molecular weight is 758 g/mol. The highest BCUT2D eigenvalue weighted by Gasteiger charge is 2.44. The van der Waals surface area contributed by atoms with E-state index in [4.69, 9.17) is 5.73 Å². The Balaban J connectivity index is 0.00000422. The van der Waals surface area contributed by atoms with Gasteiger partial charge in [-0.05, 0) is 141 Å². The van der Waals surface area contributed by atoms with E-state index in [1.165, 1.54) is 73.2 Å². The van der Waals surface area contributed by atoms with E-state index in [0.29, 0.717) is 24.2 Å². The van der Waals surface area contributed by atoms with Crippen LogP contribution in [0.2, 0.25) is 0 Å². The first-order valence-electron chi connectivity index (χ1n) is 20.6. The second-order valence-corrected chi connectivity index (χ2v) is 17.3. The first-order chi connectivity index (χ1) is 27.6. The van der Waals surface area contributed by atoms with Crippen molar-refractivity contribution in [2.45, 2.75) is 80.4 Å². The third-order valence-corrected chi connectivity index (χ3v) is 13.8. The van der Waals surface area contributed by atoms with Gasteiger partial charge in [0.1, 0.15) is 0 Å². The number of hydrogen-bond acceptors (Lipinski definition) is 2. The standard InChI is InChI=1S/C54H47NS.CH4/c55-51(37-16-5-2-6-17-37)34-42(22-11-15-36-13-3-1-4-14-36)40-23-12-24-41(29-40)47-31-46-26-25-44-32-49(44)53(46)48-28-27-38-18-7-10-21-45-30-39-19-8-9-20-43(39)35-52(45)56-54(38)50(48)33-47;/h1-6,8-9,12-14,16-17,19-20,23-30,34-35,42,44,47,49H,7,10,15,18,21,31-33,55H2;1H4/b51-34-;. The van der Waals surface area contributed by atoms with E-state index in [0.717, 1.165) is 36.9 Å². The minimum absolute atomic E-state index is 0. The molecule has 4 aliphatic rings. The van der Waals surface area contributed by atoms with Crippen LogP contribution in [-0.2, 0) is 25.7 Å². The van der Waals surface area contributed by atoms with Gasteiger partial charge in [-0.2, -0.15) is 0 Å².